The van der Waals surface area contributed by atoms with Crippen LogP contribution in [-0.4, -0.2) is 11.1 Å². The highest BCUT2D eigenvalue weighted by molar-refractivity contribution is 9.09. The van der Waals surface area contributed by atoms with Crippen LogP contribution in [0, 0.1) is 5.92 Å². The summed E-state index contributed by atoms with van der Waals surface area (Å²) in [6.07, 6.45) is 7.98. The Morgan fingerprint density at radius 1 is 1.25 bits per heavy atom. The molecule has 0 heterocycles. The van der Waals surface area contributed by atoms with Crippen molar-refractivity contribution in [3.8, 4) is 0 Å². The molecular formula is C10H17BrO. The van der Waals surface area contributed by atoms with E-state index in [-0.39, 0.29) is 0 Å². The van der Waals surface area contributed by atoms with Crippen molar-refractivity contribution < 1.29 is 4.79 Å². The molecule has 0 N–H and O–H groups in total. The molecule has 1 fully saturated rings. The highest BCUT2D eigenvalue weighted by Gasteiger charge is 2.19. The lowest BCUT2D eigenvalue weighted by Crippen LogP contribution is -2.17. The number of carbonyl (C=O) groups is 1. The fraction of sp³-hybridized carbons (Fsp3) is 0.900. The van der Waals surface area contributed by atoms with Crippen LogP contribution in [0.3, 0.4) is 0 Å². The molecular weight excluding hydrogens is 216 g/mol. The van der Waals surface area contributed by atoms with Crippen LogP contribution in [-0.2, 0) is 4.79 Å². The fourth-order valence-electron chi connectivity index (χ4n) is 1.87. The smallest absolute Gasteiger partial charge is 0.136 e. The Kier molecular flexibility index (Phi) is 4.89. The molecule has 1 aliphatic rings. The van der Waals surface area contributed by atoms with Crippen LogP contribution in [0.1, 0.15) is 44.9 Å². The molecule has 0 aliphatic heterocycles. The van der Waals surface area contributed by atoms with Crippen molar-refractivity contribution >= 4 is 21.7 Å². The van der Waals surface area contributed by atoms with Gasteiger partial charge in [-0.25, -0.2) is 0 Å². The van der Waals surface area contributed by atoms with E-state index in [1.54, 1.807) is 0 Å². The van der Waals surface area contributed by atoms with E-state index in [2.05, 4.69) is 15.9 Å². The Bertz CT molecular complexity index is 139. The Balaban J connectivity index is 2.20. The molecule has 0 radical (unpaired) electrons. The van der Waals surface area contributed by atoms with Gasteiger partial charge in [0.1, 0.15) is 5.78 Å². The van der Waals surface area contributed by atoms with Gasteiger partial charge in [-0.2, -0.15) is 0 Å². The van der Waals surface area contributed by atoms with Crippen molar-refractivity contribution in [2.24, 2.45) is 5.92 Å². The summed E-state index contributed by atoms with van der Waals surface area (Å²) in [5, 5.41) is 0.964. The summed E-state index contributed by atoms with van der Waals surface area (Å²) >= 11 is 3.35. The van der Waals surface area contributed by atoms with E-state index in [4.69, 9.17) is 0 Å². The first kappa shape index (κ1) is 10.2. The van der Waals surface area contributed by atoms with Gasteiger partial charge in [-0.1, -0.05) is 35.2 Å². The highest BCUT2D eigenvalue weighted by Crippen LogP contribution is 2.25. The van der Waals surface area contributed by atoms with Crippen molar-refractivity contribution in [2.45, 2.75) is 44.9 Å². The van der Waals surface area contributed by atoms with Crippen LogP contribution in [0.4, 0.5) is 0 Å². The molecule has 0 saturated heterocycles. The standard InChI is InChI=1S/C10H17BrO/c11-8-4-7-10(12)9-5-2-1-3-6-9/h9H,1-8H2. The van der Waals surface area contributed by atoms with Crippen LogP contribution in [0.25, 0.3) is 0 Å². The van der Waals surface area contributed by atoms with Gasteiger partial charge in [0, 0.05) is 17.7 Å². The second kappa shape index (κ2) is 5.74. The van der Waals surface area contributed by atoms with Crippen molar-refractivity contribution in [2.75, 3.05) is 5.33 Å². The number of rotatable bonds is 4. The van der Waals surface area contributed by atoms with Gasteiger partial charge in [0.25, 0.3) is 0 Å². The number of ketones is 1. The average molecular weight is 233 g/mol. The minimum atomic E-state index is 0.415. The van der Waals surface area contributed by atoms with Gasteiger partial charge in [-0.05, 0) is 19.3 Å². The fourth-order valence-corrected chi connectivity index (χ4v) is 2.15. The van der Waals surface area contributed by atoms with Gasteiger partial charge in [0.05, 0.1) is 0 Å². The van der Waals surface area contributed by atoms with Gasteiger partial charge < -0.3 is 0 Å². The molecule has 0 aromatic carbocycles. The zero-order valence-electron chi connectivity index (χ0n) is 7.52. The van der Waals surface area contributed by atoms with Crippen LogP contribution in [0.2, 0.25) is 0 Å². The van der Waals surface area contributed by atoms with Gasteiger partial charge in [-0.15, -0.1) is 0 Å². The molecule has 0 bridgehead atoms. The maximum atomic E-state index is 11.5. The monoisotopic (exact) mass is 232 g/mol. The number of hydrogen-bond acceptors (Lipinski definition) is 1. The maximum absolute atomic E-state index is 11.5. The molecule has 1 aliphatic carbocycles. The first-order valence-corrected chi connectivity index (χ1v) is 6.05. The summed E-state index contributed by atoms with van der Waals surface area (Å²) in [5.74, 6) is 0.923. The molecule has 1 saturated carbocycles. The number of Topliss-reactive ketones (excluding diaryl/α,β-unsaturated/α-hetero) is 1. The number of hydrogen-bond donors (Lipinski definition) is 0. The van der Waals surface area contributed by atoms with E-state index in [0.717, 1.165) is 31.0 Å². The quantitative estimate of drug-likeness (QED) is 0.681. The predicted octanol–water partition coefficient (Wildman–Crippen LogP) is 3.31. The molecule has 0 atom stereocenters. The third-order valence-electron chi connectivity index (χ3n) is 2.62. The predicted molar refractivity (Wildman–Crippen MR) is 54.6 cm³/mol. The SMILES string of the molecule is O=C(CCCBr)C1CCCCC1. The summed E-state index contributed by atoms with van der Waals surface area (Å²) in [6.45, 7) is 0. The molecule has 70 valence electrons. The van der Waals surface area contributed by atoms with E-state index in [1.165, 1.54) is 19.3 Å². The zero-order chi connectivity index (χ0) is 8.81. The molecule has 0 amide bonds. The third-order valence-corrected chi connectivity index (χ3v) is 3.18. The van der Waals surface area contributed by atoms with Crippen molar-refractivity contribution in [1.82, 2.24) is 0 Å². The Morgan fingerprint density at radius 3 is 2.50 bits per heavy atom. The third kappa shape index (κ3) is 3.26. The first-order valence-electron chi connectivity index (χ1n) is 4.93. The normalized spacial score (nSPS) is 19.4. The Labute approximate surface area is 83.0 Å². The lowest BCUT2D eigenvalue weighted by atomic mass is 9.85. The average Bonchev–Trinajstić information content (AvgIpc) is 2.15. The Hall–Kier alpha value is 0.150. The van der Waals surface area contributed by atoms with Crippen LogP contribution in [0.15, 0.2) is 0 Å². The molecule has 0 aromatic heterocycles. The topological polar surface area (TPSA) is 17.1 Å². The lowest BCUT2D eigenvalue weighted by molar-refractivity contribution is -0.123. The molecule has 1 rings (SSSR count). The number of halogens is 1. The van der Waals surface area contributed by atoms with Gasteiger partial charge in [0.15, 0.2) is 0 Å². The highest BCUT2D eigenvalue weighted by atomic mass is 79.9. The molecule has 2 heteroatoms. The van der Waals surface area contributed by atoms with E-state index < -0.39 is 0 Å². The van der Waals surface area contributed by atoms with Crippen molar-refractivity contribution in [3.05, 3.63) is 0 Å². The molecule has 0 aromatic rings. The second-order valence-corrected chi connectivity index (χ2v) is 4.39. The van der Waals surface area contributed by atoms with E-state index >= 15 is 0 Å². The molecule has 1 nitrogen and oxygen atoms in total. The van der Waals surface area contributed by atoms with Crippen LogP contribution in [0.5, 0.6) is 0 Å². The summed E-state index contributed by atoms with van der Waals surface area (Å²) in [6, 6.07) is 0. The molecule has 0 unspecified atom stereocenters. The van der Waals surface area contributed by atoms with Gasteiger partial charge >= 0.3 is 0 Å². The molecule has 12 heavy (non-hydrogen) atoms. The van der Waals surface area contributed by atoms with Gasteiger partial charge in [0.2, 0.25) is 0 Å². The summed E-state index contributed by atoms with van der Waals surface area (Å²) in [7, 11) is 0. The van der Waals surface area contributed by atoms with E-state index in [0.29, 0.717) is 11.7 Å². The summed E-state index contributed by atoms with van der Waals surface area (Å²) in [4.78, 5) is 11.5. The maximum Gasteiger partial charge on any atom is 0.136 e. The number of carbonyl (C=O) groups excluding carboxylic acids is 1. The minimum Gasteiger partial charge on any atom is -0.299 e. The van der Waals surface area contributed by atoms with Gasteiger partial charge in [-0.3, -0.25) is 4.79 Å². The summed E-state index contributed by atoms with van der Waals surface area (Å²) < 4.78 is 0. The first-order chi connectivity index (χ1) is 5.84. The Morgan fingerprint density at radius 2 is 1.92 bits per heavy atom. The zero-order valence-corrected chi connectivity index (χ0v) is 9.11. The minimum absolute atomic E-state index is 0.415. The van der Waals surface area contributed by atoms with Crippen LogP contribution >= 0.6 is 15.9 Å². The van der Waals surface area contributed by atoms with Crippen LogP contribution < -0.4 is 0 Å². The number of alkyl halides is 1. The van der Waals surface area contributed by atoms with Crippen molar-refractivity contribution in [3.63, 3.8) is 0 Å². The van der Waals surface area contributed by atoms with E-state index in [1.807, 2.05) is 0 Å². The molecule has 0 spiro atoms. The summed E-state index contributed by atoms with van der Waals surface area (Å²) in [5.41, 5.74) is 0. The second-order valence-electron chi connectivity index (χ2n) is 3.59. The van der Waals surface area contributed by atoms with E-state index in [9.17, 15) is 4.79 Å². The largest absolute Gasteiger partial charge is 0.299 e. The lowest BCUT2D eigenvalue weighted by Gasteiger charge is -2.19. The van der Waals surface area contributed by atoms with Crippen molar-refractivity contribution in [1.29, 1.82) is 0 Å².